The lowest BCUT2D eigenvalue weighted by atomic mass is 9.88. The van der Waals surface area contributed by atoms with E-state index in [2.05, 4.69) is 133 Å². The van der Waals surface area contributed by atoms with E-state index in [9.17, 15) is 0 Å². The van der Waals surface area contributed by atoms with Crippen molar-refractivity contribution in [2.75, 3.05) is 0 Å². The Balaban J connectivity index is 1.22. The van der Waals surface area contributed by atoms with E-state index in [4.69, 9.17) is 14.4 Å². The number of aromatic nitrogens is 2. The van der Waals surface area contributed by atoms with Crippen LogP contribution in [0.15, 0.2) is 174 Å². The highest BCUT2D eigenvalue weighted by Crippen LogP contribution is 2.42. The Labute approximate surface area is 282 Å². The number of furan rings is 1. The van der Waals surface area contributed by atoms with E-state index in [0.717, 1.165) is 55.6 Å². The minimum Gasteiger partial charge on any atom is -0.456 e. The molecule has 3 heteroatoms. The molecule has 0 aliphatic heterocycles. The summed E-state index contributed by atoms with van der Waals surface area (Å²) in [4.78, 5) is 10.2. The fourth-order valence-corrected chi connectivity index (χ4v) is 7.37. The van der Waals surface area contributed by atoms with Gasteiger partial charge in [0.05, 0.1) is 11.4 Å². The van der Waals surface area contributed by atoms with Gasteiger partial charge in [-0.2, -0.15) is 0 Å². The number of fused-ring (bicyclic) bond motifs is 9. The van der Waals surface area contributed by atoms with E-state index < -0.39 is 0 Å². The standard InChI is InChI=1S/C46H28N2O/c1-3-12-29(13-4-1)41-28-42(48-46(47-41)30-14-5-2-6-15-30)32-23-25-39-40(26-32)35-17-8-7-16-34(35)38-20-11-19-33(45(38)39)31-22-24-37-36-18-9-10-21-43(36)49-44(37)27-31/h1-28H. The topological polar surface area (TPSA) is 38.9 Å². The van der Waals surface area contributed by atoms with Crippen LogP contribution in [0.5, 0.6) is 0 Å². The molecule has 0 radical (unpaired) electrons. The molecule has 10 rings (SSSR count). The molecule has 2 aromatic heterocycles. The maximum atomic E-state index is 6.32. The van der Waals surface area contributed by atoms with Crippen LogP contribution in [0.1, 0.15) is 0 Å². The molecule has 0 saturated heterocycles. The second-order valence-electron chi connectivity index (χ2n) is 12.5. The van der Waals surface area contributed by atoms with Gasteiger partial charge >= 0.3 is 0 Å². The molecule has 0 N–H and O–H groups in total. The molecular formula is C46H28N2O. The van der Waals surface area contributed by atoms with Crippen molar-refractivity contribution in [2.24, 2.45) is 0 Å². The van der Waals surface area contributed by atoms with Gasteiger partial charge in [0, 0.05) is 27.5 Å². The summed E-state index contributed by atoms with van der Waals surface area (Å²) in [6.45, 7) is 0. The van der Waals surface area contributed by atoms with E-state index in [1.165, 1.54) is 37.9 Å². The maximum Gasteiger partial charge on any atom is 0.160 e. The van der Waals surface area contributed by atoms with Crippen molar-refractivity contribution in [1.82, 2.24) is 9.97 Å². The first-order valence-corrected chi connectivity index (χ1v) is 16.6. The summed E-state index contributed by atoms with van der Waals surface area (Å²) in [5.41, 5.74) is 9.02. The Bertz CT molecular complexity index is 2810. The van der Waals surface area contributed by atoms with E-state index in [1.54, 1.807) is 0 Å². The van der Waals surface area contributed by atoms with Crippen LogP contribution in [0.4, 0.5) is 0 Å². The molecule has 2 heterocycles. The van der Waals surface area contributed by atoms with E-state index >= 15 is 0 Å². The zero-order valence-corrected chi connectivity index (χ0v) is 26.5. The van der Waals surface area contributed by atoms with Gasteiger partial charge in [-0.1, -0.05) is 140 Å². The molecule has 8 aromatic carbocycles. The summed E-state index contributed by atoms with van der Waals surface area (Å²) >= 11 is 0. The fourth-order valence-electron chi connectivity index (χ4n) is 7.37. The number of hydrogen-bond donors (Lipinski definition) is 0. The molecule has 0 spiro atoms. The summed E-state index contributed by atoms with van der Waals surface area (Å²) in [6.07, 6.45) is 0. The van der Waals surface area contributed by atoms with Gasteiger partial charge < -0.3 is 4.42 Å². The molecule has 0 fully saturated rings. The molecule has 0 aliphatic rings. The Hall–Kier alpha value is -6.58. The van der Waals surface area contributed by atoms with Gasteiger partial charge in [0.25, 0.3) is 0 Å². The second-order valence-corrected chi connectivity index (χ2v) is 12.5. The number of para-hydroxylation sites is 1. The summed E-state index contributed by atoms with van der Waals surface area (Å²) < 4.78 is 6.32. The van der Waals surface area contributed by atoms with Gasteiger partial charge in [0.15, 0.2) is 5.82 Å². The second kappa shape index (κ2) is 11.0. The largest absolute Gasteiger partial charge is 0.456 e. The summed E-state index contributed by atoms with van der Waals surface area (Å²) in [5, 5.41) is 9.59. The molecule has 0 aliphatic carbocycles. The normalized spacial score (nSPS) is 11.7. The average Bonchev–Trinajstić information content (AvgIpc) is 3.56. The van der Waals surface area contributed by atoms with Gasteiger partial charge in [-0.25, -0.2) is 9.97 Å². The van der Waals surface area contributed by atoms with Crippen molar-refractivity contribution in [2.45, 2.75) is 0 Å². The third-order valence-corrected chi connectivity index (χ3v) is 9.67. The van der Waals surface area contributed by atoms with E-state index in [1.807, 2.05) is 36.4 Å². The van der Waals surface area contributed by atoms with Crippen molar-refractivity contribution >= 4 is 54.3 Å². The van der Waals surface area contributed by atoms with Crippen LogP contribution in [-0.2, 0) is 0 Å². The highest BCUT2D eigenvalue weighted by Gasteiger charge is 2.17. The van der Waals surface area contributed by atoms with Crippen LogP contribution in [-0.4, -0.2) is 9.97 Å². The first-order chi connectivity index (χ1) is 24.3. The predicted molar refractivity (Wildman–Crippen MR) is 204 cm³/mol. The Morgan fingerprint density at radius 2 is 0.898 bits per heavy atom. The quantitative estimate of drug-likeness (QED) is 0.183. The Morgan fingerprint density at radius 1 is 0.327 bits per heavy atom. The molecule has 0 atom stereocenters. The zero-order valence-electron chi connectivity index (χ0n) is 26.5. The third kappa shape index (κ3) is 4.51. The molecule has 0 amide bonds. The zero-order chi connectivity index (χ0) is 32.3. The van der Waals surface area contributed by atoms with E-state index in [0.29, 0.717) is 5.82 Å². The monoisotopic (exact) mass is 624 g/mol. The van der Waals surface area contributed by atoms with E-state index in [-0.39, 0.29) is 0 Å². The van der Waals surface area contributed by atoms with Gasteiger partial charge in [0.1, 0.15) is 11.2 Å². The van der Waals surface area contributed by atoms with Gasteiger partial charge in [-0.05, 0) is 73.8 Å². The van der Waals surface area contributed by atoms with Crippen LogP contribution in [0.3, 0.4) is 0 Å². The average molecular weight is 625 g/mol. The highest BCUT2D eigenvalue weighted by atomic mass is 16.3. The molecule has 3 nitrogen and oxygen atoms in total. The van der Waals surface area contributed by atoms with Crippen molar-refractivity contribution < 1.29 is 4.42 Å². The molecule has 228 valence electrons. The van der Waals surface area contributed by atoms with Crippen molar-refractivity contribution in [3.8, 4) is 45.0 Å². The molecule has 10 aromatic rings. The lowest BCUT2D eigenvalue weighted by molar-refractivity contribution is 0.669. The number of benzene rings is 8. The van der Waals surface area contributed by atoms with Crippen LogP contribution >= 0.6 is 0 Å². The van der Waals surface area contributed by atoms with Gasteiger partial charge in [-0.3, -0.25) is 0 Å². The van der Waals surface area contributed by atoms with Gasteiger partial charge in [-0.15, -0.1) is 0 Å². The fraction of sp³-hybridized carbons (Fsp3) is 0. The van der Waals surface area contributed by atoms with Crippen molar-refractivity contribution in [1.29, 1.82) is 0 Å². The molecular weight excluding hydrogens is 597 g/mol. The van der Waals surface area contributed by atoms with Crippen LogP contribution in [0, 0.1) is 0 Å². The maximum absolute atomic E-state index is 6.32. The first kappa shape index (κ1) is 27.5. The summed E-state index contributed by atoms with van der Waals surface area (Å²) in [6, 6.07) is 59.7. The Kier molecular flexibility index (Phi) is 6.18. The summed E-state index contributed by atoms with van der Waals surface area (Å²) in [7, 11) is 0. The molecule has 0 saturated carbocycles. The van der Waals surface area contributed by atoms with Crippen LogP contribution in [0.2, 0.25) is 0 Å². The Morgan fingerprint density at radius 3 is 1.69 bits per heavy atom. The summed E-state index contributed by atoms with van der Waals surface area (Å²) in [5.74, 6) is 0.712. The van der Waals surface area contributed by atoms with Crippen molar-refractivity contribution in [3.63, 3.8) is 0 Å². The predicted octanol–water partition coefficient (Wildman–Crippen LogP) is 12.5. The third-order valence-electron chi connectivity index (χ3n) is 9.67. The molecule has 0 unspecified atom stereocenters. The van der Waals surface area contributed by atoms with Crippen molar-refractivity contribution in [3.05, 3.63) is 170 Å². The minimum atomic E-state index is 0.712. The lowest BCUT2D eigenvalue weighted by Crippen LogP contribution is -1.96. The molecule has 0 bridgehead atoms. The smallest absolute Gasteiger partial charge is 0.160 e. The SMILES string of the molecule is c1ccc(-c2cc(-c3ccc4c(c3)c3ccccc3c3cccc(-c5ccc6c(c5)oc5ccccc56)c34)nc(-c3ccccc3)n2)cc1. The highest BCUT2D eigenvalue weighted by molar-refractivity contribution is 6.29. The van der Waals surface area contributed by atoms with Crippen LogP contribution < -0.4 is 0 Å². The first-order valence-electron chi connectivity index (χ1n) is 16.6. The van der Waals surface area contributed by atoms with Gasteiger partial charge in [0.2, 0.25) is 0 Å². The number of nitrogens with zero attached hydrogens (tertiary/aromatic N) is 2. The lowest BCUT2D eigenvalue weighted by Gasteiger charge is -2.16. The number of hydrogen-bond acceptors (Lipinski definition) is 3. The minimum absolute atomic E-state index is 0.712. The molecule has 49 heavy (non-hydrogen) atoms. The number of rotatable bonds is 4. The van der Waals surface area contributed by atoms with Crippen LogP contribution in [0.25, 0.3) is 99.3 Å².